The van der Waals surface area contributed by atoms with E-state index in [1.165, 1.54) is 5.69 Å². The first-order valence-corrected chi connectivity index (χ1v) is 10.7. The van der Waals surface area contributed by atoms with Crippen molar-refractivity contribution in [3.05, 3.63) is 67.3 Å². The number of benzene rings is 2. The summed E-state index contributed by atoms with van der Waals surface area (Å²) in [7, 11) is 0. The van der Waals surface area contributed by atoms with E-state index >= 15 is 0 Å². The van der Waals surface area contributed by atoms with E-state index in [-0.39, 0.29) is 6.10 Å². The molecular formula is C24H23N7O. The van der Waals surface area contributed by atoms with Crippen molar-refractivity contribution in [3.63, 3.8) is 0 Å². The lowest BCUT2D eigenvalue weighted by Crippen LogP contribution is -2.41. The van der Waals surface area contributed by atoms with Gasteiger partial charge < -0.3 is 19.4 Å². The quantitative estimate of drug-likeness (QED) is 0.448. The summed E-state index contributed by atoms with van der Waals surface area (Å²) in [6, 6.07) is 14.6. The van der Waals surface area contributed by atoms with Gasteiger partial charge in [0.2, 0.25) is 0 Å². The maximum absolute atomic E-state index is 5.66. The fourth-order valence-corrected chi connectivity index (χ4v) is 4.20. The first-order valence-electron chi connectivity index (χ1n) is 10.7. The monoisotopic (exact) mass is 425 g/mol. The molecule has 0 saturated carbocycles. The number of hydrogen-bond acceptors (Lipinski definition) is 6. The third-order valence-electron chi connectivity index (χ3n) is 5.85. The molecule has 5 aromatic rings. The number of nitrogens with one attached hydrogen (secondary N) is 2. The van der Waals surface area contributed by atoms with Gasteiger partial charge in [0.25, 0.3) is 0 Å². The van der Waals surface area contributed by atoms with Crippen LogP contribution in [0.4, 0.5) is 17.2 Å². The van der Waals surface area contributed by atoms with Crippen LogP contribution in [0.2, 0.25) is 0 Å². The van der Waals surface area contributed by atoms with Crippen molar-refractivity contribution in [3.8, 4) is 11.3 Å². The largest absolute Gasteiger partial charge is 0.375 e. The highest BCUT2D eigenvalue weighted by atomic mass is 16.5. The Morgan fingerprint density at radius 2 is 2.06 bits per heavy atom. The molecule has 160 valence electrons. The molecule has 1 unspecified atom stereocenters. The van der Waals surface area contributed by atoms with Gasteiger partial charge in [0, 0.05) is 54.0 Å². The van der Waals surface area contributed by atoms with Gasteiger partial charge >= 0.3 is 0 Å². The SMILES string of the molecule is CC1CN(c2ccc(Nc3nc(-c4ccc5cn[nH]c5c4)cn4ccnc34)cc2)CCO1. The van der Waals surface area contributed by atoms with Crippen molar-refractivity contribution in [2.45, 2.75) is 13.0 Å². The third kappa shape index (κ3) is 3.44. The molecule has 1 aliphatic heterocycles. The van der Waals surface area contributed by atoms with Crippen molar-refractivity contribution in [1.82, 2.24) is 24.6 Å². The summed E-state index contributed by atoms with van der Waals surface area (Å²) in [5, 5.41) is 11.7. The topological polar surface area (TPSA) is 83.4 Å². The Balaban J connectivity index is 1.32. The van der Waals surface area contributed by atoms with E-state index in [0.717, 1.165) is 53.2 Å². The fraction of sp³-hybridized carbons (Fsp3) is 0.208. The van der Waals surface area contributed by atoms with Crippen LogP contribution in [0.25, 0.3) is 27.8 Å². The third-order valence-corrected chi connectivity index (χ3v) is 5.85. The van der Waals surface area contributed by atoms with Gasteiger partial charge in [-0.25, -0.2) is 9.97 Å². The van der Waals surface area contributed by atoms with Gasteiger partial charge in [-0.2, -0.15) is 5.10 Å². The molecule has 0 radical (unpaired) electrons. The van der Waals surface area contributed by atoms with E-state index in [4.69, 9.17) is 9.72 Å². The van der Waals surface area contributed by atoms with E-state index in [9.17, 15) is 0 Å². The molecule has 2 aromatic carbocycles. The summed E-state index contributed by atoms with van der Waals surface area (Å²) >= 11 is 0. The molecular weight excluding hydrogens is 402 g/mol. The Bertz CT molecular complexity index is 1390. The van der Waals surface area contributed by atoms with Gasteiger partial charge in [-0.3, -0.25) is 5.10 Å². The lowest BCUT2D eigenvalue weighted by Gasteiger charge is -2.33. The number of ether oxygens (including phenoxy) is 1. The molecule has 1 atom stereocenters. The van der Waals surface area contributed by atoms with E-state index < -0.39 is 0 Å². The van der Waals surface area contributed by atoms with Gasteiger partial charge in [-0.1, -0.05) is 12.1 Å². The summed E-state index contributed by atoms with van der Waals surface area (Å²) in [6.07, 6.45) is 7.78. The van der Waals surface area contributed by atoms with Crippen molar-refractivity contribution in [1.29, 1.82) is 0 Å². The predicted octanol–water partition coefficient (Wildman–Crippen LogP) is 4.24. The second-order valence-corrected chi connectivity index (χ2v) is 8.10. The summed E-state index contributed by atoms with van der Waals surface area (Å²) in [5.41, 5.74) is 5.80. The Morgan fingerprint density at radius 1 is 1.16 bits per heavy atom. The van der Waals surface area contributed by atoms with Crippen LogP contribution < -0.4 is 10.2 Å². The molecule has 0 spiro atoms. The molecule has 4 heterocycles. The highest BCUT2D eigenvalue weighted by Gasteiger charge is 2.17. The summed E-state index contributed by atoms with van der Waals surface area (Å²) in [6.45, 7) is 4.70. The second-order valence-electron chi connectivity index (χ2n) is 8.10. The number of nitrogens with zero attached hydrogens (tertiary/aromatic N) is 5. The minimum absolute atomic E-state index is 0.253. The molecule has 3 aromatic heterocycles. The molecule has 8 nitrogen and oxygen atoms in total. The lowest BCUT2D eigenvalue weighted by molar-refractivity contribution is 0.0532. The van der Waals surface area contributed by atoms with E-state index in [0.29, 0.717) is 5.82 Å². The van der Waals surface area contributed by atoms with E-state index in [1.807, 2.05) is 29.1 Å². The van der Waals surface area contributed by atoms with E-state index in [1.54, 1.807) is 6.20 Å². The zero-order valence-corrected chi connectivity index (χ0v) is 17.7. The number of rotatable bonds is 4. The fourth-order valence-electron chi connectivity index (χ4n) is 4.20. The minimum atomic E-state index is 0.253. The Labute approximate surface area is 184 Å². The first-order chi connectivity index (χ1) is 15.7. The predicted molar refractivity (Wildman–Crippen MR) is 125 cm³/mol. The van der Waals surface area contributed by atoms with Gasteiger partial charge in [0.15, 0.2) is 11.5 Å². The smallest absolute Gasteiger partial charge is 0.180 e. The molecule has 6 rings (SSSR count). The lowest BCUT2D eigenvalue weighted by atomic mass is 10.1. The van der Waals surface area contributed by atoms with Crippen molar-refractivity contribution in [2.24, 2.45) is 0 Å². The molecule has 0 bridgehead atoms. The molecule has 2 N–H and O–H groups in total. The number of hydrogen-bond donors (Lipinski definition) is 2. The Kier molecular flexibility index (Phi) is 4.50. The van der Waals surface area contributed by atoms with E-state index in [2.05, 4.69) is 68.7 Å². The Hall–Kier alpha value is -3.91. The molecule has 0 aliphatic carbocycles. The van der Waals surface area contributed by atoms with Gasteiger partial charge in [0.05, 0.1) is 30.1 Å². The van der Waals surface area contributed by atoms with Crippen LogP contribution in [0.1, 0.15) is 6.92 Å². The number of anilines is 3. The number of imidazole rings is 1. The van der Waals surface area contributed by atoms with Crippen LogP contribution in [0, 0.1) is 0 Å². The number of H-pyrrole nitrogens is 1. The van der Waals surface area contributed by atoms with Gasteiger partial charge in [0.1, 0.15) is 0 Å². The standard InChI is InChI=1S/C24H23N7O/c1-16-14-30(10-11-32-16)20-6-4-19(5-7-20)27-23-24-25-8-9-31(24)15-22(28-23)17-2-3-18-13-26-29-21(18)12-17/h2-9,12-13,15-16H,10-11,14H2,1H3,(H,26,29)(H,27,28). The molecule has 0 amide bonds. The number of aromatic amines is 1. The molecule has 1 fully saturated rings. The van der Waals surface area contributed by atoms with Crippen LogP contribution in [0.15, 0.2) is 67.3 Å². The maximum atomic E-state index is 5.66. The minimum Gasteiger partial charge on any atom is -0.375 e. The molecule has 1 aliphatic rings. The normalized spacial score (nSPS) is 16.7. The van der Waals surface area contributed by atoms with Crippen molar-refractivity contribution < 1.29 is 4.74 Å². The Morgan fingerprint density at radius 3 is 2.94 bits per heavy atom. The second kappa shape index (κ2) is 7.65. The van der Waals surface area contributed by atoms with Crippen LogP contribution in [0.5, 0.6) is 0 Å². The molecule has 8 heteroatoms. The molecule has 32 heavy (non-hydrogen) atoms. The van der Waals surface area contributed by atoms with Crippen LogP contribution in [0.3, 0.4) is 0 Å². The zero-order valence-electron chi connectivity index (χ0n) is 17.7. The van der Waals surface area contributed by atoms with Gasteiger partial charge in [-0.05, 0) is 37.3 Å². The zero-order chi connectivity index (χ0) is 21.5. The van der Waals surface area contributed by atoms with Crippen LogP contribution >= 0.6 is 0 Å². The summed E-state index contributed by atoms with van der Waals surface area (Å²) in [5.74, 6) is 0.713. The number of aromatic nitrogens is 5. The van der Waals surface area contributed by atoms with Crippen molar-refractivity contribution >= 4 is 33.7 Å². The summed E-state index contributed by atoms with van der Waals surface area (Å²) < 4.78 is 7.65. The average molecular weight is 425 g/mol. The molecule has 1 saturated heterocycles. The van der Waals surface area contributed by atoms with Crippen LogP contribution in [-0.2, 0) is 4.74 Å². The highest BCUT2D eigenvalue weighted by molar-refractivity contribution is 5.84. The van der Waals surface area contributed by atoms with Crippen molar-refractivity contribution in [2.75, 3.05) is 29.9 Å². The maximum Gasteiger partial charge on any atom is 0.180 e. The number of morpholine rings is 1. The van der Waals surface area contributed by atoms with Crippen LogP contribution in [-0.4, -0.2) is 50.4 Å². The average Bonchev–Trinajstić information content (AvgIpc) is 3.48. The summed E-state index contributed by atoms with van der Waals surface area (Å²) in [4.78, 5) is 11.7. The highest BCUT2D eigenvalue weighted by Crippen LogP contribution is 2.27. The van der Waals surface area contributed by atoms with Gasteiger partial charge in [-0.15, -0.1) is 0 Å². The number of fused-ring (bicyclic) bond motifs is 2. The first kappa shape index (κ1) is 18.8.